The van der Waals surface area contributed by atoms with Crippen LogP contribution in [0.25, 0.3) is 0 Å². The summed E-state index contributed by atoms with van der Waals surface area (Å²) in [6.45, 7) is 0. The molecule has 1 aliphatic rings. The Morgan fingerprint density at radius 1 is 1.13 bits per heavy atom. The van der Waals surface area contributed by atoms with E-state index in [0.717, 1.165) is 0 Å². The fraction of sp³-hybridized carbons (Fsp3) is 0. The molecule has 1 aromatic carbocycles. The number of carbonyl (C=O) groups is 3. The molecule has 0 radical (unpaired) electrons. The smallest absolute Gasteiger partial charge is 0.348 e. The van der Waals surface area contributed by atoms with Crippen molar-refractivity contribution in [2.45, 2.75) is 0 Å². The molecule has 0 spiro atoms. The molecule has 4 nitrogen and oxygen atoms in total. The van der Waals surface area contributed by atoms with Crippen molar-refractivity contribution in [1.82, 2.24) is 0 Å². The maximum Gasteiger partial charge on any atom is 0.348 e. The molecule has 0 saturated carbocycles. The molecule has 1 aliphatic heterocycles. The van der Waals surface area contributed by atoms with Crippen molar-refractivity contribution >= 4 is 41.4 Å². The summed E-state index contributed by atoms with van der Waals surface area (Å²) in [5.41, 5.74) is -0.180. The van der Waals surface area contributed by atoms with Crippen molar-refractivity contribution in [3.63, 3.8) is 0 Å². The van der Waals surface area contributed by atoms with Crippen LogP contribution in [0.2, 0.25) is 10.0 Å². The maximum atomic E-state index is 11.2. The van der Waals surface area contributed by atoms with Crippen LogP contribution in [0.4, 0.5) is 0 Å². The third kappa shape index (κ3) is 1.33. The Balaban J connectivity index is 2.85. The quantitative estimate of drug-likeness (QED) is 0.432. The standard InChI is InChI=1S/C9H2Cl2O4/c10-4-1-3(2-12)7(11)6-5(4)8(13)15-9(6)14/h1-2H. The average molecular weight is 245 g/mol. The average Bonchev–Trinajstić information content (AvgIpc) is 2.48. The fourth-order valence-electron chi connectivity index (χ4n) is 1.31. The normalized spacial score (nSPS) is 13.7. The van der Waals surface area contributed by atoms with E-state index in [0.29, 0.717) is 6.29 Å². The van der Waals surface area contributed by atoms with Crippen LogP contribution in [0, 0.1) is 0 Å². The molecule has 0 saturated heterocycles. The predicted octanol–water partition coefficient (Wildman–Crippen LogP) is 2.12. The predicted molar refractivity (Wildman–Crippen MR) is 51.6 cm³/mol. The first-order valence-corrected chi connectivity index (χ1v) is 4.55. The van der Waals surface area contributed by atoms with Crippen molar-refractivity contribution in [3.05, 3.63) is 32.8 Å². The summed E-state index contributed by atoms with van der Waals surface area (Å²) in [5, 5.41) is -0.132. The minimum absolute atomic E-state index is 0.0210. The highest BCUT2D eigenvalue weighted by Crippen LogP contribution is 2.34. The van der Waals surface area contributed by atoms with Gasteiger partial charge in [0.1, 0.15) is 0 Å². The van der Waals surface area contributed by atoms with Gasteiger partial charge in [0.15, 0.2) is 6.29 Å². The van der Waals surface area contributed by atoms with Gasteiger partial charge < -0.3 is 4.74 Å². The van der Waals surface area contributed by atoms with Gasteiger partial charge in [-0.15, -0.1) is 0 Å². The van der Waals surface area contributed by atoms with Crippen molar-refractivity contribution in [2.24, 2.45) is 0 Å². The SMILES string of the molecule is O=Cc1cc(Cl)c2c(c1Cl)C(=O)OC2=O. The molecule has 0 fully saturated rings. The van der Waals surface area contributed by atoms with Crippen LogP contribution < -0.4 is 0 Å². The van der Waals surface area contributed by atoms with E-state index in [1.807, 2.05) is 0 Å². The van der Waals surface area contributed by atoms with Crippen LogP contribution in [0.3, 0.4) is 0 Å². The van der Waals surface area contributed by atoms with Crippen LogP contribution in [-0.2, 0) is 4.74 Å². The van der Waals surface area contributed by atoms with Crippen LogP contribution >= 0.6 is 23.2 Å². The second-order valence-corrected chi connectivity index (χ2v) is 3.59. The van der Waals surface area contributed by atoms with E-state index in [1.54, 1.807) is 0 Å². The molecule has 0 aliphatic carbocycles. The van der Waals surface area contributed by atoms with Crippen LogP contribution in [0.5, 0.6) is 0 Å². The van der Waals surface area contributed by atoms with Gasteiger partial charge in [0.05, 0.1) is 21.2 Å². The van der Waals surface area contributed by atoms with E-state index in [2.05, 4.69) is 4.74 Å². The topological polar surface area (TPSA) is 60.4 Å². The van der Waals surface area contributed by atoms with Crippen LogP contribution in [-0.4, -0.2) is 18.2 Å². The van der Waals surface area contributed by atoms with Crippen molar-refractivity contribution < 1.29 is 19.1 Å². The van der Waals surface area contributed by atoms with E-state index in [-0.39, 0.29) is 26.7 Å². The molecule has 1 aromatic rings. The van der Waals surface area contributed by atoms with E-state index >= 15 is 0 Å². The molecule has 0 unspecified atom stereocenters. The van der Waals surface area contributed by atoms with Crippen molar-refractivity contribution in [3.8, 4) is 0 Å². The zero-order valence-corrected chi connectivity index (χ0v) is 8.56. The largest absolute Gasteiger partial charge is 0.386 e. The number of ether oxygens (including phenoxy) is 1. The highest BCUT2D eigenvalue weighted by Gasteiger charge is 2.35. The molecule has 0 N–H and O–H groups in total. The molecule has 1 heterocycles. The number of fused-ring (bicyclic) bond motifs is 1. The van der Waals surface area contributed by atoms with Gasteiger partial charge in [-0.1, -0.05) is 23.2 Å². The molecule has 0 aromatic heterocycles. The fourth-order valence-corrected chi connectivity index (χ4v) is 1.87. The van der Waals surface area contributed by atoms with Crippen molar-refractivity contribution in [1.29, 1.82) is 0 Å². The number of hydrogen-bond donors (Lipinski definition) is 0. The van der Waals surface area contributed by atoms with E-state index in [4.69, 9.17) is 23.2 Å². The van der Waals surface area contributed by atoms with E-state index < -0.39 is 11.9 Å². The summed E-state index contributed by atoms with van der Waals surface area (Å²) >= 11 is 11.5. The van der Waals surface area contributed by atoms with Crippen LogP contribution in [0.1, 0.15) is 31.1 Å². The first-order valence-electron chi connectivity index (χ1n) is 3.80. The molecule has 0 amide bonds. The lowest BCUT2D eigenvalue weighted by Crippen LogP contribution is -1.98. The van der Waals surface area contributed by atoms with Gasteiger partial charge in [0.25, 0.3) is 0 Å². The molecule has 6 heteroatoms. The Hall–Kier alpha value is -1.39. The number of carbonyl (C=O) groups excluding carboxylic acids is 3. The lowest BCUT2D eigenvalue weighted by atomic mass is 10.1. The lowest BCUT2D eigenvalue weighted by Gasteiger charge is -2.01. The van der Waals surface area contributed by atoms with Gasteiger partial charge in [-0.3, -0.25) is 4.79 Å². The highest BCUT2D eigenvalue weighted by atomic mass is 35.5. The Bertz CT molecular complexity index is 507. The second kappa shape index (κ2) is 3.32. The monoisotopic (exact) mass is 244 g/mol. The van der Waals surface area contributed by atoms with Crippen LogP contribution in [0.15, 0.2) is 6.07 Å². The molecule has 0 bridgehead atoms. The maximum absolute atomic E-state index is 11.2. The summed E-state index contributed by atoms with van der Waals surface area (Å²) in [4.78, 5) is 33.0. The minimum Gasteiger partial charge on any atom is -0.386 e. The zero-order chi connectivity index (χ0) is 11.2. The van der Waals surface area contributed by atoms with Crippen molar-refractivity contribution in [2.75, 3.05) is 0 Å². The summed E-state index contributed by atoms with van der Waals surface area (Å²) < 4.78 is 4.33. The molecule has 15 heavy (non-hydrogen) atoms. The minimum atomic E-state index is -0.884. The van der Waals surface area contributed by atoms with Gasteiger partial charge in [0, 0.05) is 5.56 Å². The molecular formula is C9H2Cl2O4. The van der Waals surface area contributed by atoms with E-state index in [1.165, 1.54) is 6.07 Å². The number of hydrogen-bond acceptors (Lipinski definition) is 4. The van der Waals surface area contributed by atoms with Gasteiger partial charge in [-0.2, -0.15) is 0 Å². The number of halogens is 2. The summed E-state index contributed by atoms with van der Waals surface area (Å²) in [5.74, 6) is -1.73. The first kappa shape index (κ1) is 10.1. The van der Waals surface area contributed by atoms with Gasteiger partial charge in [-0.05, 0) is 6.07 Å². The number of benzene rings is 1. The Labute approximate surface area is 93.7 Å². The van der Waals surface area contributed by atoms with E-state index in [9.17, 15) is 14.4 Å². The number of esters is 2. The summed E-state index contributed by atoms with van der Waals surface area (Å²) in [6.07, 6.45) is 0.449. The highest BCUT2D eigenvalue weighted by molar-refractivity contribution is 6.42. The molecular weight excluding hydrogens is 243 g/mol. The number of rotatable bonds is 1. The lowest BCUT2D eigenvalue weighted by molar-refractivity contribution is 0.0444. The molecule has 76 valence electrons. The summed E-state index contributed by atoms with van der Waals surface area (Å²) in [7, 11) is 0. The number of aldehydes is 1. The second-order valence-electron chi connectivity index (χ2n) is 2.81. The molecule has 0 atom stereocenters. The molecule has 2 rings (SSSR count). The van der Waals surface area contributed by atoms with Gasteiger partial charge in [0.2, 0.25) is 0 Å². The van der Waals surface area contributed by atoms with Gasteiger partial charge in [-0.25, -0.2) is 9.59 Å². The number of cyclic esters (lactones) is 2. The third-order valence-corrected chi connectivity index (χ3v) is 2.67. The Kier molecular flexibility index (Phi) is 2.25. The zero-order valence-electron chi connectivity index (χ0n) is 7.04. The van der Waals surface area contributed by atoms with Gasteiger partial charge >= 0.3 is 11.9 Å². The Morgan fingerprint density at radius 3 is 2.33 bits per heavy atom. The Morgan fingerprint density at radius 2 is 1.73 bits per heavy atom. The third-order valence-electron chi connectivity index (χ3n) is 1.96. The first-order chi connectivity index (χ1) is 7.06. The summed E-state index contributed by atoms with van der Waals surface area (Å²) in [6, 6.07) is 1.22.